The van der Waals surface area contributed by atoms with Crippen LogP contribution in [-0.2, 0) is 10.0 Å². The van der Waals surface area contributed by atoms with Gasteiger partial charge in [0.1, 0.15) is 11.1 Å². The summed E-state index contributed by atoms with van der Waals surface area (Å²) in [7, 11) is -4.19. The van der Waals surface area contributed by atoms with Crippen LogP contribution in [0.3, 0.4) is 0 Å². The highest BCUT2D eigenvalue weighted by atomic mass is 35.5. The van der Waals surface area contributed by atoms with E-state index in [0.717, 1.165) is 22.7 Å². The predicted octanol–water partition coefficient (Wildman–Crippen LogP) is 3.01. The Labute approximate surface area is 162 Å². The standard InChI is InChI=1S/C17H21ClFN3O4S/c1-10-3-2-4-13(10)20-17(24)21-14-6-5-12(18)16(15(14)23)27(25,26)22-8-7-11(19)9-22/h3,5-6,11,13,23H,2,4,7-9H2,1H3,(H2,20,21,24)/t11?,13-/m1/s1. The van der Waals surface area contributed by atoms with Crippen molar-refractivity contribution in [3.8, 4) is 5.75 Å². The normalized spacial score (nSPS) is 23.3. The lowest BCUT2D eigenvalue weighted by Crippen LogP contribution is -2.37. The molecule has 1 aromatic carbocycles. The fourth-order valence-corrected chi connectivity index (χ4v) is 5.35. The summed E-state index contributed by atoms with van der Waals surface area (Å²) in [5, 5.41) is 15.5. The number of phenols is 1. The number of benzene rings is 1. The molecule has 1 heterocycles. The number of hydrogen-bond acceptors (Lipinski definition) is 4. The van der Waals surface area contributed by atoms with Crippen LogP contribution >= 0.6 is 11.6 Å². The number of halogens is 2. The van der Waals surface area contributed by atoms with E-state index in [4.69, 9.17) is 11.6 Å². The first kappa shape index (κ1) is 19.9. The fraction of sp³-hybridized carbons (Fsp3) is 0.471. The predicted molar refractivity (Wildman–Crippen MR) is 100 cm³/mol. The van der Waals surface area contributed by atoms with Crippen molar-refractivity contribution in [2.75, 3.05) is 18.4 Å². The molecule has 148 valence electrons. The Bertz CT molecular complexity index is 890. The van der Waals surface area contributed by atoms with Gasteiger partial charge in [-0.25, -0.2) is 17.6 Å². The molecule has 3 rings (SSSR count). The second-order valence-electron chi connectivity index (χ2n) is 6.70. The molecule has 2 atom stereocenters. The van der Waals surface area contributed by atoms with Gasteiger partial charge in [-0.1, -0.05) is 23.3 Å². The molecule has 1 aromatic rings. The van der Waals surface area contributed by atoms with Gasteiger partial charge in [-0.3, -0.25) is 0 Å². The number of nitrogens with one attached hydrogen (secondary N) is 2. The number of sulfonamides is 1. The number of anilines is 1. The number of allylic oxidation sites excluding steroid dienone is 1. The Kier molecular flexibility index (Phi) is 5.64. The molecule has 1 aliphatic heterocycles. The number of phenolic OH excluding ortho intramolecular Hbond substituents is 1. The fourth-order valence-electron chi connectivity index (χ4n) is 3.28. The SMILES string of the molecule is CC1=CCC[C@H]1NC(=O)Nc1ccc(Cl)c(S(=O)(=O)N2CCC(F)C2)c1O. The molecule has 10 heteroatoms. The number of urea groups is 1. The van der Waals surface area contributed by atoms with Crippen molar-refractivity contribution in [3.05, 3.63) is 28.8 Å². The molecule has 0 spiro atoms. The minimum atomic E-state index is -4.19. The third-order valence-corrected chi connectivity index (χ3v) is 7.17. The summed E-state index contributed by atoms with van der Waals surface area (Å²) >= 11 is 6.00. The smallest absolute Gasteiger partial charge is 0.319 e. The van der Waals surface area contributed by atoms with Crippen LogP contribution in [0.15, 0.2) is 28.7 Å². The van der Waals surface area contributed by atoms with Crippen molar-refractivity contribution in [3.63, 3.8) is 0 Å². The van der Waals surface area contributed by atoms with Gasteiger partial charge in [0, 0.05) is 13.1 Å². The zero-order chi connectivity index (χ0) is 19.8. The number of alkyl halides is 1. The molecule has 2 aliphatic rings. The summed E-state index contributed by atoms with van der Waals surface area (Å²) in [6.07, 6.45) is 2.52. The highest BCUT2D eigenvalue weighted by Crippen LogP contribution is 2.39. The van der Waals surface area contributed by atoms with E-state index in [1.165, 1.54) is 12.1 Å². The number of rotatable bonds is 4. The summed E-state index contributed by atoms with van der Waals surface area (Å²) in [5.41, 5.74) is 0.953. The van der Waals surface area contributed by atoms with Gasteiger partial charge in [-0.05, 0) is 38.3 Å². The number of carbonyl (C=O) groups excluding carboxylic acids is 1. The van der Waals surface area contributed by atoms with E-state index in [1.54, 1.807) is 0 Å². The first-order chi connectivity index (χ1) is 12.7. The summed E-state index contributed by atoms with van der Waals surface area (Å²) in [5.74, 6) is -0.668. The van der Waals surface area contributed by atoms with Gasteiger partial charge < -0.3 is 15.7 Å². The van der Waals surface area contributed by atoms with Crippen molar-refractivity contribution >= 4 is 33.3 Å². The van der Waals surface area contributed by atoms with Crippen LogP contribution < -0.4 is 10.6 Å². The average Bonchev–Trinajstić information content (AvgIpc) is 3.19. The zero-order valence-electron chi connectivity index (χ0n) is 14.7. The summed E-state index contributed by atoms with van der Waals surface area (Å²) < 4.78 is 39.9. The minimum Gasteiger partial charge on any atom is -0.504 e. The summed E-state index contributed by atoms with van der Waals surface area (Å²) in [6, 6.07) is 1.91. The largest absolute Gasteiger partial charge is 0.504 e. The van der Waals surface area contributed by atoms with Gasteiger partial charge in [0.05, 0.1) is 16.8 Å². The van der Waals surface area contributed by atoms with Crippen LogP contribution in [0.25, 0.3) is 0 Å². The Morgan fingerprint density at radius 2 is 2.11 bits per heavy atom. The molecule has 1 fully saturated rings. The monoisotopic (exact) mass is 417 g/mol. The molecular weight excluding hydrogens is 397 g/mol. The van der Waals surface area contributed by atoms with E-state index >= 15 is 0 Å². The van der Waals surface area contributed by atoms with Crippen molar-refractivity contribution in [1.82, 2.24) is 9.62 Å². The van der Waals surface area contributed by atoms with E-state index < -0.39 is 32.9 Å². The Balaban J connectivity index is 1.83. The molecule has 1 unspecified atom stereocenters. The summed E-state index contributed by atoms with van der Waals surface area (Å²) in [4.78, 5) is 11.7. The van der Waals surface area contributed by atoms with Crippen LogP contribution in [0, 0.1) is 0 Å². The topological polar surface area (TPSA) is 98.7 Å². The number of hydrogen-bond donors (Lipinski definition) is 3. The molecule has 1 aliphatic carbocycles. The maximum Gasteiger partial charge on any atom is 0.319 e. The lowest BCUT2D eigenvalue weighted by atomic mass is 10.2. The van der Waals surface area contributed by atoms with Gasteiger partial charge in [-0.15, -0.1) is 0 Å². The zero-order valence-corrected chi connectivity index (χ0v) is 16.3. The maximum absolute atomic E-state index is 13.4. The minimum absolute atomic E-state index is 0.00467. The lowest BCUT2D eigenvalue weighted by Gasteiger charge is -2.20. The van der Waals surface area contributed by atoms with E-state index in [0.29, 0.717) is 0 Å². The molecule has 0 bridgehead atoms. The first-order valence-electron chi connectivity index (χ1n) is 8.60. The molecule has 0 aromatic heterocycles. The van der Waals surface area contributed by atoms with Crippen LogP contribution in [0.4, 0.5) is 14.9 Å². The second kappa shape index (κ2) is 7.65. The third-order valence-electron chi connectivity index (χ3n) is 4.80. The molecule has 1 saturated heterocycles. The Hall–Kier alpha value is -1.84. The Morgan fingerprint density at radius 3 is 2.70 bits per heavy atom. The summed E-state index contributed by atoms with van der Waals surface area (Å²) in [6.45, 7) is 1.63. The average molecular weight is 418 g/mol. The molecular formula is C17H21ClFN3O4S. The van der Waals surface area contributed by atoms with E-state index in [1.807, 2.05) is 13.0 Å². The number of nitrogens with zero attached hydrogens (tertiary/aromatic N) is 1. The van der Waals surface area contributed by atoms with E-state index in [-0.39, 0.29) is 36.3 Å². The van der Waals surface area contributed by atoms with Crippen LogP contribution in [0.2, 0.25) is 5.02 Å². The number of aromatic hydroxyl groups is 1. The third kappa shape index (κ3) is 4.04. The van der Waals surface area contributed by atoms with Crippen LogP contribution in [0.1, 0.15) is 26.2 Å². The molecule has 3 N–H and O–H groups in total. The van der Waals surface area contributed by atoms with Crippen molar-refractivity contribution in [2.24, 2.45) is 0 Å². The highest BCUT2D eigenvalue weighted by Gasteiger charge is 2.36. The maximum atomic E-state index is 13.4. The van der Waals surface area contributed by atoms with Crippen molar-refractivity contribution in [2.45, 2.75) is 43.3 Å². The second-order valence-corrected chi connectivity index (χ2v) is 8.98. The van der Waals surface area contributed by atoms with Gasteiger partial charge in [0.15, 0.2) is 5.75 Å². The van der Waals surface area contributed by atoms with Crippen molar-refractivity contribution < 1.29 is 22.7 Å². The van der Waals surface area contributed by atoms with Crippen molar-refractivity contribution in [1.29, 1.82) is 0 Å². The van der Waals surface area contributed by atoms with Gasteiger partial charge in [0.2, 0.25) is 10.0 Å². The van der Waals surface area contributed by atoms with Gasteiger partial charge in [0.25, 0.3) is 0 Å². The molecule has 0 saturated carbocycles. The first-order valence-corrected chi connectivity index (χ1v) is 10.4. The highest BCUT2D eigenvalue weighted by molar-refractivity contribution is 7.89. The molecule has 0 radical (unpaired) electrons. The van der Waals surface area contributed by atoms with Crippen LogP contribution in [-0.4, -0.2) is 49.2 Å². The quantitative estimate of drug-likeness (QED) is 0.518. The lowest BCUT2D eigenvalue weighted by molar-refractivity contribution is 0.249. The van der Waals surface area contributed by atoms with E-state index in [9.17, 15) is 22.7 Å². The van der Waals surface area contributed by atoms with E-state index in [2.05, 4.69) is 10.6 Å². The van der Waals surface area contributed by atoms with Gasteiger partial charge in [-0.2, -0.15) is 4.31 Å². The number of amides is 2. The molecule has 2 amide bonds. The van der Waals surface area contributed by atoms with Crippen LogP contribution in [0.5, 0.6) is 5.75 Å². The number of carbonyl (C=O) groups is 1. The molecule has 7 nitrogen and oxygen atoms in total. The Morgan fingerprint density at radius 1 is 1.37 bits per heavy atom. The van der Waals surface area contributed by atoms with Gasteiger partial charge >= 0.3 is 6.03 Å². The molecule has 27 heavy (non-hydrogen) atoms.